The summed E-state index contributed by atoms with van der Waals surface area (Å²) in [5, 5.41) is 11.7. The number of nitrogens with one attached hydrogen (secondary N) is 1. The molecule has 2 amide bonds. The predicted octanol–water partition coefficient (Wildman–Crippen LogP) is 2.17. The van der Waals surface area contributed by atoms with Crippen LogP contribution in [0.25, 0.3) is 0 Å². The molecule has 0 radical (unpaired) electrons. The summed E-state index contributed by atoms with van der Waals surface area (Å²) in [6.45, 7) is 1.40. The van der Waals surface area contributed by atoms with Crippen LogP contribution in [-0.2, 0) is 11.2 Å². The number of urea groups is 1. The van der Waals surface area contributed by atoms with E-state index < -0.39 is 11.9 Å². The number of carbonyl (C=O) groups excluding carboxylic acids is 1. The molecule has 0 aromatic carbocycles. The van der Waals surface area contributed by atoms with Crippen LogP contribution in [0.4, 0.5) is 4.79 Å². The number of aliphatic carboxylic acids is 1. The maximum absolute atomic E-state index is 11.8. The van der Waals surface area contributed by atoms with Gasteiger partial charge in [0, 0.05) is 24.5 Å². The molecule has 2 heterocycles. The van der Waals surface area contributed by atoms with Crippen molar-refractivity contribution in [3.05, 3.63) is 20.8 Å². The van der Waals surface area contributed by atoms with Crippen LogP contribution in [0.2, 0.25) is 0 Å². The molecule has 1 aliphatic heterocycles. The Morgan fingerprint density at radius 1 is 1.53 bits per heavy atom. The second-order valence-electron chi connectivity index (χ2n) is 4.46. The third-order valence-corrected chi connectivity index (χ3v) is 4.78. The van der Waals surface area contributed by atoms with Crippen LogP contribution in [0.3, 0.4) is 0 Å². The number of halogens is 1. The number of thiophene rings is 1. The Hall–Kier alpha value is -1.08. The highest BCUT2D eigenvalue weighted by Gasteiger charge is 2.30. The molecule has 5 nitrogen and oxygen atoms in total. The number of hydrogen-bond donors (Lipinski definition) is 2. The van der Waals surface area contributed by atoms with E-state index in [9.17, 15) is 9.59 Å². The standard InChI is InChI=1S/C12H15BrN2O3S/c13-10-2-1-9(19-10)3-5-14-12(18)15-6-4-8(7-15)11(16)17/h1-2,8H,3-7H2,(H,14,18)(H,16,17). The smallest absolute Gasteiger partial charge is 0.317 e. The molecular formula is C12H15BrN2O3S. The van der Waals surface area contributed by atoms with Gasteiger partial charge in [0.2, 0.25) is 0 Å². The lowest BCUT2D eigenvalue weighted by atomic mass is 10.1. The Bertz CT molecular complexity index is 477. The van der Waals surface area contributed by atoms with Crippen molar-refractivity contribution < 1.29 is 14.7 Å². The fourth-order valence-corrected chi connectivity index (χ4v) is 3.52. The molecule has 0 bridgehead atoms. The van der Waals surface area contributed by atoms with E-state index in [4.69, 9.17) is 5.11 Å². The molecular weight excluding hydrogens is 332 g/mol. The van der Waals surface area contributed by atoms with Gasteiger partial charge in [0.05, 0.1) is 9.70 Å². The van der Waals surface area contributed by atoms with E-state index in [0.29, 0.717) is 26.1 Å². The van der Waals surface area contributed by atoms with Crippen LogP contribution in [0.15, 0.2) is 15.9 Å². The Balaban J connectivity index is 1.72. The van der Waals surface area contributed by atoms with E-state index in [1.165, 1.54) is 4.88 Å². The lowest BCUT2D eigenvalue weighted by molar-refractivity contribution is -0.141. The summed E-state index contributed by atoms with van der Waals surface area (Å²) in [4.78, 5) is 25.4. The molecule has 1 atom stereocenters. The average Bonchev–Trinajstić information content (AvgIpc) is 2.98. The molecule has 1 unspecified atom stereocenters. The zero-order valence-corrected chi connectivity index (χ0v) is 12.7. The highest BCUT2D eigenvalue weighted by molar-refractivity contribution is 9.11. The predicted molar refractivity (Wildman–Crippen MR) is 76.4 cm³/mol. The Morgan fingerprint density at radius 2 is 2.32 bits per heavy atom. The Morgan fingerprint density at radius 3 is 2.89 bits per heavy atom. The van der Waals surface area contributed by atoms with Crippen molar-refractivity contribution in [3.63, 3.8) is 0 Å². The molecule has 1 aromatic rings. The second-order valence-corrected chi connectivity index (χ2v) is 7.01. The molecule has 104 valence electrons. The molecule has 2 N–H and O–H groups in total. The van der Waals surface area contributed by atoms with Crippen molar-refractivity contribution in [2.24, 2.45) is 5.92 Å². The first-order valence-electron chi connectivity index (χ1n) is 6.06. The van der Waals surface area contributed by atoms with Gasteiger partial charge in [0.15, 0.2) is 0 Å². The molecule has 0 saturated carbocycles. The molecule has 2 rings (SSSR count). The topological polar surface area (TPSA) is 69.6 Å². The van der Waals surface area contributed by atoms with Crippen molar-refractivity contribution in [1.29, 1.82) is 0 Å². The molecule has 0 spiro atoms. The molecule has 1 aliphatic rings. The van der Waals surface area contributed by atoms with Crippen molar-refractivity contribution in [3.8, 4) is 0 Å². The lowest BCUT2D eigenvalue weighted by Gasteiger charge is -2.16. The fraction of sp³-hybridized carbons (Fsp3) is 0.500. The quantitative estimate of drug-likeness (QED) is 0.877. The minimum atomic E-state index is -0.821. The number of amides is 2. The maximum Gasteiger partial charge on any atom is 0.317 e. The SMILES string of the molecule is O=C(O)C1CCN(C(=O)NCCc2ccc(Br)s2)C1. The maximum atomic E-state index is 11.8. The van der Waals surface area contributed by atoms with E-state index in [1.807, 2.05) is 12.1 Å². The fourth-order valence-electron chi connectivity index (χ4n) is 2.04. The van der Waals surface area contributed by atoms with E-state index in [2.05, 4.69) is 21.2 Å². The molecule has 7 heteroatoms. The van der Waals surface area contributed by atoms with Gasteiger partial charge in [-0.05, 0) is 40.9 Å². The van der Waals surface area contributed by atoms with Gasteiger partial charge >= 0.3 is 12.0 Å². The van der Waals surface area contributed by atoms with Crippen LogP contribution in [0, 0.1) is 5.92 Å². The molecule has 0 aliphatic carbocycles. The monoisotopic (exact) mass is 346 g/mol. The van der Waals surface area contributed by atoms with Crippen molar-refractivity contribution in [2.45, 2.75) is 12.8 Å². The number of likely N-dealkylation sites (tertiary alicyclic amines) is 1. The summed E-state index contributed by atoms with van der Waals surface area (Å²) < 4.78 is 1.08. The first-order chi connectivity index (χ1) is 9.06. The van der Waals surface area contributed by atoms with Gasteiger partial charge in [-0.3, -0.25) is 4.79 Å². The normalized spacial score (nSPS) is 18.6. The van der Waals surface area contributed by atoms with Crippen LogP contribution in [0.5, 0.6) is 0 Å². The number of carbonyl (C=O) groups is 2. The number of carboxylic acids is 1. The van der Waals surface area contributed by atoms with Crippen LogP contribution < -0.4 is 5.32 Å². The van der Waals surface area contributed by atoms with Crippen molar-refractivity contribution in [2.75, 3.05) is 19.6 Å². The summed E-state index contributed by atoms with van der Waals surface area (Å²) in [7, 11) is 0. The van der Waals surface area contributed by atoms with E-state index in [-0.39, 0.29) is 6.03 Å². The van der Waals surface area contributed by atoms with Gasteiger partial charge in [-0.2, -0.15) is 0 Å². The third-order valence-electron chi connectivity index (χ3n) is 3.10. The Labute approximate surface area is 123 Å². The van der Waals surface area contributed by atoms with Crippen LogP contribution in [-0.4, -0.2) is 41.6 Å². The van der Waals surface area contributed by atoms with Gasteiger partial charge in [-0.1, -0.05) is 0 Å². The van der Waals surface area contributed by atoms with Crippen molar-refractivity contribution >= 4 is 39.3 Å². The van der Waals surface area contributed by atoms with Gasteiger partial charge < -0.3 is 15.3 Å². The number of nitrogens with zero attached hydrogens (tertiary/aromatic N) is 1. The number of carboxylic acid groups (broad SMARTS) is 1. The lowest BCUT2D eigenvalue weighted by Crippen LogP contribution is -2.39. The van der Waals surface area contributed by atoms with E-state index in [0.717, 1.165) is 10.2 Å². The minimum absolute atomic E-state index is 0.167. The minimum Gasteiger partial charge on any atom is -0.481 e. The van der Waals surface area contributed by atoms with E-state index >= 15 is 0 Å². The summed E-state index contributed by atoms with van der Waals surface area (Å²) >= 11 is 5.04. The zero-order chi connectivity index (χ0) is 13.8. The van der Waals surface area contributed by atoms with Gasteiger partial charge in [0.1, 0.15) is 0 Å². The summed E-state index contributed by atoms with van der Waals surface area (Å²) in [6, 6.07) is 3.84. The Kier molecular flexibility index (Phi) is 4.81. The van der Waals surface area contributed by atoms with Crippen molar-refractivity contribution in [1.82, 2.24) is 10.2 Å². The number of rotatable bonds is 4. The largest absolute Gasteiger partial charge is 0.481 e. The highest BCUT2D eigenvalue weighted by Crippen LogP contribution is 2.22. The van der Waals surface area contributed by atoms with Gasteiger partial charge in [0.25, 0.3) is 0 Å². The van der Waals surface area contributed by atoms with Crippen LogP contribution >= 0.6 is 27.3 Å². The molecule has 1 fully saturated rings. The summed E-state index contributed by atoms with van der Waals surface area (Å²) in [5.41, 5.74) is 0. The third kappa shape index (κ3) is 3.94. The molecule has 19 heavy (non-hydrogen) atoms. The first kappa shape index (κ1) is 14.3. The van der Waals surface area contributed by atoms with Gasteiger partial charge in [-0.15, -0.1) is 11.3 Å². The van der Waals surface area contributed by atoms with Crippen LogP contribution in [0.1, 0.15) is 11.3 Å². The molecule has 1 saturated heterocycles. The van der Waals surface area contributed by atoms with Gasteiger partial charge in [-0.25, -0.2) is 4.79 Å². The van der Waals surface area contributed by atoms with E-state index in [1.54, 1.807) is 16.2 Å². The zero-order valence-electron chi connectivity index (χ0n) is 10.3. The average molecular weight is 347 g/mol. The summed E-state index contributed by atoms with van der Waals surface area (Å²) in [6.07, 6.45) is 1.33. The highest BCUT2D eigenvalue weighted by atomic mass is 79.9. The summed E-state index contributed by atoms with van der Waals surface area (Å²) in [5.74, 6) is -1.24. The molecule has 1 aromatic heterocycles. The number of hydrogen-bond acceptors (Lipinski definition) is 3. The second kappa shape index (κ2) is 6.38. The first-order valence-corrected chi connectivity index (χ1v) is 7.67.